The van der Waals surface area contributed by atoms with Gasteiger partial charge in [-0.2, -0.15) is 0 Å². The fourth-order valence-corrected chi connectivity index (χ4v) is 4.67. The smallest absolute Gasteiger partial charge is 0.197 e. The Bertz CT molecular complexity index is 2170. The van der Waals surface area contributed by atoms with Crippen molar-refractivity contribution in [3.63, 3.8) is 0 Å². The van der Waals surface area contributed by atoms with E-state index in [0.717, 1.165) is 30.3 Å². The summed E-state index contributed by atoms with van der Waals surface area (Å²) in [6.45, 7) is 0. The van der Waals surface area contributed by atoms with Crippen LogP contribution in [0.2, 0.25) is 0 Å². The van der Waals surface area contributed by atoms with Gasteiger partial charge in [-0.1, -0.05) is 0 Å². The van der Waals surface area contributed by atoms with Crippen LogP contribution in [0.1, 0.15) is 0 Å². The fourth-order valence-electron chi connectivity index (χ4n) is 4.67. The molecule has 0 saturated heterocycles. The molecular weight excluding hydrogens is 536 g/mol. The van der Waals surface area contributed by atoms with Crippen LogP contribution in [0.15, 0.2) is 85.2 Å². The Balaban J connectivity index is 1.62. The Morgan fingerprint density at radius 3 is 1.98 bits per heavy atom. The van der Waals surface area contributed by atoms with E-state index in [0.29, 0.717) is 0 Å². The summed E-state index contributed by atoms with van der Waals surface area (Å²) in [6.07, 6.45) is 0. The molecule has 2 aromatic heterocycles. The van der Waals surface area contributed by atoms with Crippen molar-refractivity contribution in [1.82, 2.24) is 0 Å². The Kier molecular flexibility index (Phi) is 5.52. The van der Waals surface area contributed by atoms with Gasteiger partial charge < -0.3 is 44.6 Å². The van der Waals surface area contributed by atoms with E-state index < -0.39 is 50.9 Å². The van der Waals surface area contributed by atoms with Crippen molar-refractivity contribution in [2.24, 2.45) is 0 Å². The Morgan fingerprint density at radius 1 is 0.512 bits per heavy atom. The fraction of sp³-hybridized carbons (Fsp3) is 0. The number of fused-ring (bicyclic) bond motifs is 2. The van der Waals surface area contributed by atoms with E-state index in [1.807, 2.05) is 0 Å². The van der Waals surface area contributed by atoms with Crippen LogP contribution in [0.4, 0.5) is 0 Å². The zero-order valence-electron chi connectivity index (χ0n) is 20.6. The third-order valence-electron chi connectivity index (χ3n) is 6.62. The molecule has 0 atom stereocenters. The summed E-state index contributed by atoms with van der Waals surface area (Å²) in [5.41, 5.74) is -2.18. The van der Waals surface area contributed by atoms with Gasteiger partial charge in [0.25, 0.3) is 0 Å². The molecule has 11 nitrogen and oxygen atoms in total. The zero-order valence-corrected chi connectivity index (χ0v) is 20.6. The average molecular weight is 554 g/mol. The van der Waals surface area contributed by atoms with E-state index in [9.17, 15) is 45.3 Å². The van der Waals surface area contributed by atoms with Gasteiger partial charge in [-0.15, -0.1) is 0 Å². The first kappa shape index (κ1) is 25.2. The number of phenolic OH excluding ortho intramolecular Hbond substituents is 7. The second kappa shape index (κ2) is 8.99. The number of aromatic hydroxyl groups is 7. The first-order chi connectivity index (χ1) is 19.5. The van der Waals surface area contributed by atoms with Crippen LogP contribution in [0.25, 0.3) is 55.7 Å². The lowest BCUT2D eigenvalue weighted by Gasteiger charge is -2.16. The Hall–Kier alpha value is -6.10. The molecule has 0 unspecified atom stereocenters. The van der Waals surface area contributed by atoms with E-state index in [-0.39, 0.29) is 55.9 Å². The Morgan fingerprint density at radius 2 is 1.22 bits per heavy atom. The van der Waals surface area contributed by atoms with Crippen LogP contribution in [0.5, 0.6) is 40.2 Å². The summed E-state index contributed by atoms with van der Waals surface area (Å²) in [5, 5.41) is 72.4. The van der Waals surface area contributed by atoms with Crippen LogP contribution in [-0.4, -0.2) is 35.7 Å². The van der Waals surface area contributed by atoms with E-state index in [1.165, 1.54) is 36.4 Å². The van der Waals surface area contributed by atoms with E-state index in [1.54, 1.807) is 0 Å². The third kappa shape index (κ3) is 4.00. The molecule has 0 fully saturated rings. The van der Waals surface area contributed by atoms with Gasteiger partial charge in [0.1, 0.15) is 45.3 Å². The minimum Gasteiger partial charge on any atom is -0.508 e. The summed E-state index contributed by atoms with van der Waals surface area (Å²) < 4.78 is 11.5. The second-order valence-corrected chi connectivity index (χ2v) is 9.18. The first-order valence-electron chi connectivity index (χ1n) is 11.9. The normalized spacial score (nSPS) is 11.3. The molecule has 7 N–H and O–H groups in total. The topological polar surface area (TPSA) is 202 Å². The summed E-state index contributed by atoms with van der Waals surface area (Å²) >= 11 is 0. The van der Waals surface area contributed by atoms with Gasteiger partial charge in [-0.05, 0) is 42.5 Å². The minimum absolute atomic E-state index is 0.00594. The molecule has 2 heterocycles. The summed E-state index contributed by atoms with van der Waals surface area (Å²) in [7, 11) is 0. The molecule has 11 heteroatoms. The second-order valence-electron chi connectivity index (χ2n) is 9.18. The molecule has 0 amide bonds. The maximum atomic E-state index is 13.2. The van der Waals surface area contributed by atoms with Gasteiger partial charge in [0, 0.05) is 41.0 Å². The standard InChI is InChI=1S/C30H18O11/c31-13-2-3-14-18(34)9-24(41-23(14)8-13)15-4-6-17(33)29(38)26(15)28-21(37)11-25-27(30(28)39)20(36)10-22(40-25)12-1-5-16(32)19(35)7-12/h1-11,31-33,35,37-39H. The molecule has 0 aliphatic carbocycles. The highest BCUT2D eigenvalue weighted by Gasteiger charge is 2.27. The molecule has 6 aromatic rings. The summed E-state index contributed by atoms with van der Waals surface area (Å²) in [6, 6.07) is 13.1. The lowest BCUT2D eigenvalue weighted by molar-refractivity contribution is 0.403. The molecule has 0 spiro atoms. The van der Waals surface area contributed by atoms with Crippen molar-refractivity contribution in [1.29, 1.82) is 0 Å². The van der Waals surface area contributed by atoms with Gasteiger partial charge >= 0.3 is 0 Å². The van der Waals surface area contributed by atoms with Crippen molar-refractivity contribution in [3.8, 4) is 74.0 Å². The van der Waals surface area contributed by atoms with Gasteiger partial charge in [-0.3, -0.25) is 9.59 Å². The lowest BCUT2D eigenvalue weighted by Crippen LogP contribution is -2.03. The molecule has 0 aliphatic heterocycles. The minimum atomic E-state index is -0.809. The monoisotopic (exact) mass is 554 g/mol. The first-order valence-corrected chi connectivity index (χ1v) is 11.9. The highest BCUT2D eigenvalue weighted by Crippen LogP contribution is 2.51. The molecule has 41 heavy (non-hydrogen) atoms. The SMILES string of the molecule is O=c1cc(-c2ccc(O)c(O)c2-c2c(O)cc3oc(-c4ccc(O)c(O)c4)cc(=O)c3c2O)oc2cc(O)ccc12. The van der Waals surface area contributed by atoms with Gasteiger partial charge in [0.15, 0.2) is 33.9 Å². The summed E-state index contributed by atoms with van der Waals surface area (Å²) in [5.74, 6) is -4.15. The molecule has 204 valence electrons. The van der Waals surface area contributed by atoms with Crippen molar-refractivity contribution in [2.45, 2.75) is 0 Å². The van der Waals surface area contributed by atoms with Crippen LogP contribution in [0.3, 0.4) is 0 Å². The van der Waals surface area contributed by atoms with Crippen molar-refractivity contribution in [2.75, 3.05) is 0 Å². The largest absolute Gasteiger partial charge is 0.508 e. The number of benzene rings is 4. The van der Waals surface area contributed by atoms with Crippen LogP contribution in [-0.2, 0) is 0 Å². The van der Waals surface area contributed by atoms with Gasteiger partial charge in [0.2, 0.25) is 0 Å². The molecule has 0 aliphatic rings. The predicted octanol–water partition coefficient (Wildman–Crippen LogP) is 4.84. The maximum absolute atomic E-state index is 13.2. The van der Waals surface area contributed by atoms with Crippen molar-refractivity contribution >= 4 is 21.9 Å². The van der Waals surface area contributed by atoms with Gasteiger partial charge in [-0.25, -0.2) is 0 Å². The molecule has 4 aromatic carbocycles. The number of phenols is 7. The summed E-state index contributed by atoms with van der Waals surface area (Å²) in [4.78, 5) is 26.0. The highest BCUT2D eigenvalue weighted by molar-refractivity contribution is 6.01. The zero-order chi connectivity index (χ0) is 29.2. The number of hydrogen-bond donors (Lipinski definition) is 7. The van der Waals surface area contributed by atoms with Gasteiger partial charge in [0.05, 0.1) is 10.9 Å². The molecule has 0 radical (unpaired) electrons. The van der Waals surface area contributed by atoms with Crippen LogP contribution >= 0.6 is 0 Å². The highest BCUT2D eigenvalue weighted by atomic mass is 16.3. The molecule has 0 saturated carbocycles. The predicted molar refractivity (Wildman–Crippen MR) is 146 cm³/mol. The number of hydrogen-bond acceptors (Lipinski definition) is 11. The molecular formula is C30H18O11. The van der Waals surface area contributed by atoms with Crippen molar-refractivity contribution in [3.05, 3.63) is 87.2 Å². The third-order valence-corrected chi connectivity index (χ3v) is 6.62. The van der Waals surface area contributed by atoms with E-state index >= 15 is 0 Å². The van der Waals surface area contributed by atoms with E-state index in [4.69, 9.17) is 8.83 Å². The average Bonchev–Trinajstić information content (AvgIpc) is 2.91. The van der Waals surface area contributed by atoms with E-state index in [2.05, 4.69) is 0 Å². The number of rotatable bonds is 3. The maximum Gasteiger partial charge on any atom is 0.197 e. The van der Waals surface area contributed by atoms with Crippen LogP contribution in [0, 0.1) is 0 Å². The quantitative estimate of drug-likeness (QED) is 0.148. The Labute approximate surface area is 227 Å². The lowest BCUT2D eigenvalue weighted by atomic mass is 9.93. The molecule has 6 rings (SSSR count). The van der Waals surface area contributed by atoms with Crippen molar-refractivity contribution < 1.29 is 44.6 Å². The molecule has 0 bridgehead atoms. The van der Waals surface area contributed by atoms with Crippen LogP contribution < -0.4 is 10.9 Å².